The molecule has 0 aliphatic heterocycles. The zero-order valence-corrected chi connectivity index (χ0v) is 10.8. The molecule has 0 bridgehead atoms. The maximum atomic E-state index is 11.0. The second-order valence-electron chi connectivity index (χ2n) is 4.33. The molecule has 100 valence electrons. The van der Waals surface area contributed by atoms with Gasteiger partial charge in [0.2, 0.25) is 0 Å². The van der Waals surface area contributed by atoms with E-state index in [4.69, 9.17) is 9.84 Å². The van der Waals surface area contributed by atoms with Crippen LogP contribution in [0.5, 0.6) is 5.75 Å². The molecule has 0 unspecified atom stereocenters. The number of benzene rings is 1. The Hall–Kier alpha value is -2.82. The molecule has 20 heavy (non-hydrogen) atoms. The van der Waals surface area contributed by atoms with Gasteiger partial charge in [-0.3, -0.25) is 4.40 Å². The number of carbonyl (C=O) groups is 1. The van der Waals surface area contributed by atoms with Crippen LogP contribution in [0.2, 0.25) is 0 Å². The van der Waals surface area contributed by atoms with Crippen LogP contribution in [-0.2, 0) is 0 Å². The minimum atomic E-state index is -0.948. The van der Waals surface area contributed by atoms with Crippen LogP contribution >= 0.6 is 0 Å². The SMILES string of the molecule is COc1cccc(-c2ncc3cc(C(=O)O)ccn23)c1. The minimum Gasteiger partial charge on any atom is -0.497 e. The number of pyridine rings is 1. The minimum absolute atomic E-state index is 0.245. The Morgan fingerprint density at radius 3 is 2.90 bits per heavy atom. The molecule has 2 heterocycles. The second kappa shape index (κ2) is 4.70. The van der Waals surface area contributed by atoms with Crippen molar-refractivity contribution in [1.82, 2.24) is 9.38 Å². The number of aromatic nitrogens is 2. The Morgan fingerprint density at radius 2 is 2.15 bits per heavy atom. The van der Waals surface area contributed by atoms with Crippen molar-refractivity contribution in [2.45, 2.75) is 0 Å². The first-order valence-electron chi connectivity index (χ1n) is 6.04. The van der Waals surface area contributed by atoms with Crippen molar-refractivity contribution < 1.29 is 14.6 Å². The summed E-state index contributed by atoms with van der Waals surface area (Å²) >= 11 is 0. The summed E-state index contributed by atoms with van der Waals surface area (Å²) in [7, 11) is 1.61. The lowest BCUT2D eigenvalue weighted by Gasteiger charge is -2.04. The van der Waals surface area contributed by atoms with Gasteiger partial charge in [-0.25, -0.2) is 9.78 Å². The highest BCUT2D eigenvalue weighted by Gasteiger charge is 2.09. The molecule has 3 aromatic rings. The number of methoxy groups -OCH3 is 1. The summed E-state index contributed by atoms with van der Waals surface area (Å²) in [5, 5.41) is 8.99. The average Bonchev–Trinajstić information content (AvgIpc) is 2.90. The highest BCUT2D eigenvalue weighted by Crippen LogP contribution is 2.24. The predicted octanol–water partition coefficient (Wildman–Crippen LogP) is 2.71. The van der Waals surface area contributed by atoms with Crippen LogP contribution in [-0.4, -0.2) is 27.6 Å². The van der Waals surface area contributed by atoms with Gasteiger partial charge in [0.1, 0.15) is 11.6 Å². The molecule has 0 aliphatic rings. The number of nitrogens with zero attached hydrogens (tertiary/aromatic N) is 2. The van der Waals surface area contributed by atoms with Gasteiger partial charge in [0, 0.05) is 11.8 Å². The van der Waals surface area contributed by atoms with Gasteiger partial charge in [0.25, 0.3) is 0 Å². The van der Waals surface area contributed by atoms with Gasteiger partial charge in [-0.1, -0.05) is 12.1 Å². The van der Waals surface area contributed by atoms with Gasteiger partial charge >= 0.3 is 5.97 Å². The van der Waals surface area contributed by atoms with E-state index in [0.717, 1.165) is 22.7 Å². The first-order chi connectivity index (χ1) is 9.69. The zero-order chi connectivity index (χ0) is 14.1. The van der Waals surface area contributed by atoms with Gasteiger partial charge in [-0.15, -0.1) is 0 Å². The molecule has 0 spiro atoms. The number of rotatable bonds is 3. The van der Waals surface area contributed by atoms with Crippen molar-refractivity contribution in [3.8, 4) is 17.1 Å². The largest absolute Gasteiger partial charge is 0.497 e. The second-order valence-corrected chi connectivity index (χ2v) is 4.33. The Balaban J connectivity index is 2.14. The predicted molar refractivity (Wildman–Crippen MR) is 74.1 cm³/mol. The molecule has 0 amide bonds. The molecule has 0 saturated carbocycles. The van der Waals surface area contributed by atoms with Crippen molar-refractivity contribution in [3.63, 3.8) is 0 Å². The van der Waals surface area contributed by atoms with E-state index in [1.54, 1.807) is 31.6 Å². The number of imidazole rings is 1. The van der Waals surface area contributed by atoms with Crippen LogP contribution in [0.4, 0.5) is 0 Å². The smallest absolute Gasteiger partial charge is 0.335 e. The third-order valence-corrected chi connectivity index (χ3v) is 3.11. The average molecular weight is 268 g/mol. The molecule has 2 aromatic heterocycles. The number of carboxylic acid groups (broad SMARTS) is 1. The van der Waals surface area contributed by atoms with Gasteiger partial charge in [0.05, 0.1) is 24.4 Å². The third kappa shape index (κ3) is 1.99. The number of hydrogen-bond donors (Lipinski definition) is 1. The maximum Gasteiger partial charge on any atom is 0.335 e. The van der Waals surface area contributed by atoms with E-state index in [2.05, 4.69) is 4.98 Å². The topological polar surface area (TPSA) is 63.8 Å². The molecule has 3 rings (SSSR count). The number of aromatic carboxylic acids is 1. The zero-order valence-electron chi connectivity index (χ0n) is 10.8. The van der Waals surface area contributed by atoms with E-state index in [1.165, 1.54) is 0 Å². The Morgan fingerprint density at radius 1 is 1.30 bits per heavy atom. The molecule has 1 aromatic carbocycles. The van der Waals surface area contributed by atoms with Gasteiger partial charge in [0.15, 0.2) is 0 Å². The van der Waals surface area contributed by atoms with Gasteiger partial charge in [-0.2, -0.15) is 0 Å². The Kier molecular flexibility index (Phi) is 2.87. The molecule has 5 nitrogen and oxygen atoms in total. The quantitative estimate of drug-likeness (QED) is 0.793. The van der Waals surface area contributed by atoms with Crippen LogP contribution in [0.3, 0.4) is 0 Å². The lowest BCUT2D eigenvalue weighted by Crippen LogP contribution is -1.98. The molecular weight excluding hydrogens is 256 g/mol. The van der Waals surface area contributed by atoms with Crippen LogP contribution in [0.1, 0.15) is 10.4 Å². The first kappa shape index (κ1) is 12.2. The van der Waals surface area contributed by atoms with Gasteiger partial charge < -0.3 is 9.84 Å². The van der Waals surface area contributed by atoms with E-state index in [0.29, 0.717) is 0 Å². The number of carboxylic acids is 1. The van der Waals surface area contributed by atoms with E-state index < -0.39 is 5.97 Å². The van der Waals surface area contributed by atoms with E-state index in [-0.39, 0.29) is 5.56 Å². The molecule has 0 fully saturated rings. The van der Waals surface area contributed by atoms with E-state index in [1.807, 2.05) is 28.7 Å². The molecule has 0 atom stereocenters. The lowest BCUT2D eigenvalue weighted by molar-refractivity contribution is 0.0697. The molecule has 0 radical (unpaired) electrons. The van der Waals surface area contributed by atoms with E-state index >= 15 is 0 Å². The summed E-state index contributed by atoms with van der Waals surface area (Å²) in [6.07, 6.45) is 3.36. The normalized spacial score (nSPS) is 10.7. The molecule has 0 aliphatic carbocycles. The summed E-state index contributed by atoms with van der Waals surface area (Å²) < 4.78 is 7.05. The Bertz CT molecular complexity index is 793. The summed E-state index contributed by atoms with van der Waals surface area (Å²) in [5.74, 6) is 0.550. The monoisotopic (exact) mass is 268 g/mol. The fraction of sp³-hybridized carbons (Fsp3) is 0.0667. The fourth-order valence-corrected chi connectivity index (χ4v) is 2.11. The number of hydrogen-bond acceptors (Lipinski definition) is 3. The third-order valence-electron chi connectivity index (χ3n) is 3.11. The Labute approximate surface area is 115 Å². The molecule has 0 saturated heterocycles. The maximum absolute atomic E-state index is 11.0. The summed E-state index contributed by atoms with van der Waals surface area (Å²) in [4.78, 5) is 15.3. The van der Waals surface area contributed by atoms with E-state index in [9.17, 15) is 4.79 Å². The van der Waals surface area contributed by atoms with Gasteiger partial charge in [-0.05, 0) is 24.3 Å². The standard InChI is InChI=1S/C15H12N2O3/c1-20-13-4-2-3-10(8-13)14-16-9-12-7-11(15(18)19)5-6-17(12)14/h2-9H,1H3,(H,18,19). The summed E-state index contributed by atoms with van der Waals surface area (Å²) in [5.41, 5.74) is 1.89. The van der Waals surface area contributed by atoms with Crippen molar-refractivity contribution in [2.75, 3.05) is 7.11 Å². The number of fused-ring (bicyclic) bond motifs is 1. The van der Waals surface area contributed by atoms with Crippen LogP contribution in [0, 0.1) is 0 Å². The van der Waals surface area contributed by atoms with Crippen molar-refractivity contribution >= 4 is 11.5 Å². The van der Waals surface area contributed by atoms with Crippen molar-refractivity contribution in [2.24, 2.45) is 0 Å². The molecule has 5 heteroatoms. The van der Waals surface area contributed by atoms with Crippen molar-refractivity contribution in [3.05, 3.63) is 54.4 Å². The van der Waals surface area contributed by atoms with Crippen LogP contribution in [0.25, 0.3) is 16.9 Å². The molecule has 1 N–H and O–H groups in total. The number of ether oxygens (including phenoxy) is 1. The first-order valence-corrected chi connectivity index (χ1v) is 6.04. The highest BCUT2D eigenvalue weighted by atomic mass is 16.5. The molecular formula is C15H12N2O3. The fourth-order valence-electron chi connectivity index (χ4n) is 2.11. The van der Waals surface area contributed by atoms with Crippen LogP contribution < -0.4 is 4.74 Å². The lowest BCUT2D eigenvalue weighted by atomic mass is 10.2. The van der Waals surface area contributed by atoms with Crippen LogP contribution in [0.15, 0.2) is 48.8 Å². The summed E-state index contributed by atoms with van der Waals surface area (Å²) in [6.45, 7) is 0. The summed E-state index contributed by atoms with van der Waals surface area (Å²) in [6, 6.07) is 10.7. The van der Waals surface area contributed by atoms with Crippen molar-refractivity contribution in [1.29, 1.82) is 0 Å². The highest BCUT2D eigenvalue weighted by molar-refractivity contribution is 5.89.